The highest BCUT2D eigenvalue weighted by molar-refractivity contribution is 7.92. The summed E-state index contributed by atoms with van der Waals surface area (Å²) in [5.74, 6) is -0.874. The fourth-order valence-electron chi connectivity index (χ4n) is 3.18. The molecule has 0 saturated heterocycles. The van der Waals surface area contributed by atoms with Crippen molar-refractivity contribution in [1.82, 2.24) is 10.2 Å². The summed E-state index contributed by atoms with van der Waals surface area (Å²) in [7, 11) is -3.82. The molecular weight excluding hydrogens is 473 g/mol. The van der Waals surface area contributed by atoms with Crippen molar-refractivity contribution < 1.29 is 18.0 Å². The molecule has 0 spiro atoms. The molecule has 10 heteroatoms. The molecule has 0 aromatic heterocycles. The Labute approximate surface area is 199 Å². The van der Waals surface area contributed by atoms with Crippen LogP contribution >= 0.6 is 23.2 Å². The summed E-state index contributed by atoms with van der Waals surface area (Å²) in [6.07, 6.45) is 1.02. The molecule has 2 aromatic rings. The molecule has 7 nitrogen and oxygen atoms in total. The molecule has 0 fully saturated rings. The van der Waals surface area contributed by atoms with Gasteiger partial charge in [0.05, 0.1) is 11.9 Å². The van der Waals surface area contributed by atoms with Gasteiger partial charge in [0.15, 0.2) is 0 Å². The second-order valence-electron chi connectivity index (χ2n) is 7.42. The summed E-state index contributed by atoms with van der Waals surface area (Å²) >= 11 is 12.2. The Morgan fingerprint density at radius 1 is 1.09 bits per heavy atom. The van der Waals surface area contributed by atoms with Crippen molar-refractivity contribution in [2.75, 3.05) is 23.7 Å². The van der Waals surface area contributed by atoms with Gasteiger partial charge < -0.3 is 10.2 Å². The van der Waals surface area contributed by atoms with Gasteiger partial charge in [0.25, 0.3) is 0 Å². The van der Waals surface area contributed by atoms with Crippen molar-refractivity contribution in [3.63, 3.8) is 0 Å². The summed E-state index contributed by atoms with van der Waals surface area (Å²) in [6.45, 7) is 5.12. The fourth-order valence-corrected chi connectivity index (χ4v) is 4.46. The van der Waals surface area contributed by atoms with Crippen molar-refractivity contribution >= 4 is 50.7 Å². The average molecular weight is 500 g/mol. The number of hydrogen-bond donors (Lipinski definition) is 1. The SMILES string of the molecule is CCNC(=O)[C@H](C)N(Cc1cccc(Cl)c1)C(=O)CN(c1cc(Cl)ccc1C)S(C)(=O)=O. The Kier molecular flexibility index (Phi) is 8.95. The van der Waals surface area contributed by atoms with Gasteiger partial charge in [0, 0.05) is 23.1 Å². The minimum atomic E-state index is -3.82. The maximum absolute atomic E-state index is 13.4. The number of nitrogens with one attached hydrogen (secondary N) is 1. The van der Waals surface area contributed by atoms with E-state index >= 15 is 0 Å². The molecule has 0 aliphatic heterocycles. The number of aryl methyl sites for hydroxylation is 1. The molecule has 0 aliphatic rings. The zero-order chi connectivity index (χ0) is 24.1. The third-order valence-electron chi connectivity index (χ3n) is 4.88. The smallest absolute Gasteiger partial charge is 0.244 e. The van der Waals surface area contributed by atoms with Crippen LogP contribution < -0.4 is 9.62 Å². The van der Waals surface area contributed by atoms with Crippen molar-refractivity contribution in [2.45, 2.75) is 33.4 Å². The quantitative estimate of drug-likeness (QED) is 0.570. The number of sulfonamides is 1. The van der Waals surface area contributed by atoms with Crippen LogP contribution in [0.5, 0.6) is 0 Å². The van der Waals surface area contributed by atoms with E-state index in [1.54, 1.807) is 57.2 Å². The molecule has 2 amide bonds. The third-order valence-corrected chi connectivity index (χ3v) is 6.48. The van der Waals surface area contributed by atoms with Crippen LogP contribution in [0.2, 0.25) is 10.0 Å². The summed E-state index contributed by atoms with van der Waals surface area (Å²) in [6, 6.07) is 10.9. The first kappa shape index (κ1) is 26.0. The number of anilines is 1. The second-order valence-corrected chi connectivity index (χ2v) is 10.2. The van der Waals surface area contributed by atoms with E-state index in [2.05, 4.69) is 5.32 Å². The normalized spacial score (nSPS) is 12.2. The number of halogens is 2. The third kappa shape index (κ3) is 6.85. The maximum Gasteiger partial charge on any atom is 0.244 e. The molecule has 2 rings (SSSR count). The van der Waals surface area contributed by atoms with Crippen LogP contribution in [0.4, 0.5) is 5.69 Å². The van der Waals surface area contributed by atoms with E-state index in [0.717, 1.165) is 10.6 Å². The molecule has 0 bridgehead atoms. The summed E-state index contributed by atoms with van der Waals surface area (Å²) in [4.78, 5) is 27.2. The van der Waals surface area contributed by atoms with Gasteiger partial charge in [-0.15, -0.1) is 0 Å². The lowest BCUT2D eigenvalue weighted by Crippen LogP contribution is -2.51. The number of nitrogens with zero attached hydrogens (tertiary/aromatic N) is 2. The molecule has 0 aliphatic carbocycles. The monoisotopic (exact) mass is 499 g/mol. The first-order valence-electron chi connectivity index (χ1n) is 9.99. The topological polar surface area (TPSA) is 86.8 Å². The Balaban J connectivity index is 2.43. The number of rotatable bonds is 9. The van der Waals surface area contributed by atoms with Gasteiger partial charge in [-0.05, 0) is 56.2 Å². The molecule has 174 valence electrons. The lowest BCUT2D eigenvalue weighted by atomic mass is 10.1. The van der Waals surface area contributed by atoms with Crippen LogP contribution in [0.25, 0.3) is 0 Å². The van der Waals surface area contributed by atoms with Crippen LogP contribution in [0.3, 0.4) is 0 Å². The molecule has 0 radical (unpaired) electrons. The highest BCUT2D eigenvalue weighted by Crippen LogP contribution is 2.27. The van der Waals surface area contributed by atoms with Crippen molar-refractivity contribution in [1.29, 1.82) is 0 Å². The molecule has 1 atom stereocenters. The molecular formula is C22H27Cl2N3O4S. The maximum atomic E-state index is 13.4. The van der Waals surface area contributed by atoms with E-state index in [4.69, 9.17) is 23.2 Å². The standard InChI is InChI=1S/C22H27Cl2N3O4S/c1-5-25-22(29)16(3)26(13-17-7-6-8-18(23)11-17)21(28)14-27(32(4,30)31)20-12-19(24)10-9-15(20)2/h6-12,16H,5,13-14H2,1-4H3,(H,25,29)/t16-/m0/s1. The predicted molar refractivity (Wildman–Crippen MR) is 129 cm³/mol. The van der Waals surface area contributed by atoms with Gasteiger partial charge in [-0.2, -0.15) is 0 Å². The van der Waals surface area contributed by atoms with E-state index in [0.29, 0.717) is 33.4 Å². The molecule has 1 N–H and O–H groups in total. The Morgan fingerprint density at radius 2 is 1.75 bits per heavy atom. The summed E-state index contributed by atoms with van der Waals surface area (Å²) in [5, 5.41) is 3.54. The van der Waals surface area contributed by atoms with Crippen LogP contribution in [-0.4, -0.2) is 50.5 Å². The zero-order valence-electron chi connectivity index (χ0n) is 18.4. The molecule has 0 unspecified atom stereocenters. The lowest BCUT2D eigenvalue weighted by molar-refractivity contribution is -0.139. The first-order chi connectivity index (χ1) is 14.9. The first-order valence-corrected chi connectivity index (χ1v) is 12.6. The van der Waals surface area contributed by atoms with Gasteiger partial charge in [-0.1, -0.05) is 41.4 Å². The van der Waals surface area contributed by atoms with Crippen LogP contribution in [-0.2, 0) is 26.2 Å². The van der Waals surface area contributed by atoms with E-state index in [-0.39, 0.29) is 12.5 Å². The molecule has 0 heterocycles. The second kappa shape index (κ2) is 11.0. The lowest BCUT2D eigenvalue weighted by Gasteiger charge is -2.32. The van der Waals surface area contributed by atoms with Gasteiger partial charge >= 0.3 is 0 Å². The Hall–Kier alpha value is -2.29. The number of carbonyl (C=O) groups excluding carboxylic acids is 2. The minimum Gasteiger partial charge on any atom is -0.355 e. The molecule has 32 heavy (non-hydrogen) atoms. The zero-order valence-corrected chi connectivity index (χ0v) is 20.8. The van der Waals surface area contributed by atoms with Crippen molar-refractivity contribution in [2.24, 2.45) is 0 Å². The van der Waals surface area contributed by atoms with Gasteiger partial charge in [0.2, 0.25) is 21.8 Å². The largest absolute Gasteiger partial charge is 0.355 e. The van der Waals surface area contributed by atoms with E-state index in [9.17, 15) is 18.0 Å². The highest BCUT2D eigenvalue weighted by Gasteiger charge is 2.30. The van der Waals surface area contributed by atoms with Gasteiger partial charge in [0.1, 0.15) is 12.6 Å². The van der Waals surface area contributed by atoms with Gasteiger partial charge in [-0.3, -0.25) is 13.9 Å². The van der Waals surface area contributed by atoms with E-state index in [1.807, 2.05) is 0 Å². The Morgan fingerprint density at radius 3 is 2.34 bits per heavy atom. The van der Waals surface area contributed by atoms with E-state index < -0.39 is 28.5 Å². The van der Waals surface area contributed by atoms with Crippen LogP contribution in [0.15, 0.2) is 42.5 Å². The number of likely N-dealkylation sites (N-methyl/N-ethyl adjacent to an activating group) is 1. The summed E-state index contributed by atoms with van der Waals surface area (Å²) in [5.41, 5.74) is 1.67. The fraction of sp³-hybridized carbons (Fsp3) is 0.364. The molecule has 0 saturated carbocycles. The van der Waals surface area contributed by atoms with Crippen LogP contribution in [0.1, 0.15) is 25.0 Å². The van der Waals surface area contributed by atoms with Crippen molar-refractivity contribution in [3.8, 4) is 0 Å². The average Bonchev–Trinajstić information content (AvgIpc) is 2.71. The van der Waals surface area contributed by atoms with Crippen LogP contribution in [0, 0.1) is 6.92 Å². The van der Waals surface area contributed by atoms with Crippen molar-refractivity contribution in [3.05, 3.63) is 63.6 Å². The molecule has 2 aromatic carbocycles. The highest BCUT2D eigenvalue weighted by atomic mass is 35.5. The summed E-state index contributed by atoms with van der Waals surface area (Å²) < 4.78 is 26.2. The minimum absolute atomic E-state index is 0.0871. The van der Waals surface area contributed by atoms with Gasteiger partial charge in [-0.25, -0.2) is 8.42 Å². The Bertz CT molecular complexity index is 1090. The number of hydrogen-bond acceptors (Lipinski definition) is 4. The number of carbonyl (C=O) groups is 2. The van der Waals surface area contributed by atoms with E-state index in [1.165, 1.54) is 11.0 Å². The predicted octanol–water partition coefficient (Wildman–Crippen LogP) is 3.62. The number of amides is 2. The number of benzene rings is 2.